The van der Waals surface area contributed by atoms with Crippen molar-refractivity contribution in [3.63, 3.8) is 0 Å². The van der Waals surface area contributed by atoms with Crippen LogP contribution in [0, 0.1) is 29.4 Å². The maximum atomic E-state index is 13.4. The molecule has 0 aliphatic carbocycles. The van der Waals surface area contributed by atoms with Gasteiger partial charge in [-0.3, -0.25) is 20.3 Å². The number of halogens is 2. The van der Waals surface area contributed by atoms with E-state index in [0.717, 1.165) is 35.4 Å². The van der Waals surface area contributed by atoms with Crippen LogP contribution in [0.1, 0.15) is 29.2 Å². The van der Waals surface area contributed by atoms with Gasteiger partial charge in [0.2, 0.25) is 0 Å². The molecule has 12 nitrogen and oxygen atoms in total. The molecule has 15 heteroatoms. The zero-order valence-corrected chi connectivity index (χ0v) is 30.0. The number of sulfonamides is 1. The summed E-state index contributed by atoms with van der Waals surface area (Å²) in [4.78, 5) is 28.0. The van der Waals surface area contributed by atoms with E-state index < -0.39 is 26.6 Å². The maximum absolute atomic E-state index is 13.4. The molecule has 1 heterocycles. The molecule has 0 spiro atoms. The van der Waals surface area contributed by atoms with E-state index in [0.29, 0.717) is 54.9 Å². The average molecular weight is 740 g/mol. The minimum atomic E-state index is -4.52. The lowest BCUT2D eigenvalue weighted by Gasteiger charge is -2.35. The number of hydrogen-bond donors (Lipinski definition) is 3. The highest BCUT2D eigenvalue weighted by molar-refractivity contribution is 7.90. The molecule has 1 amide bonds. The number of benzene rings is 4. The van der Waals surface area contributed by atoms with Crippen LogP contribution in [0.2, 0.25) is 10.0 Å². The Kier molecular flexibility index (Phi) is 11.3. The van der Waals surface area contributed by atoms with E-state index in [9.17, 15) is 23.3 Å². The summed E-state index contributed by atoms with van der Waals surface area (Å²) in [6.07, 6.45) is 0. The lowest BCUT2D eigenvalue weighted by atomic mass is 10.1. The minimum Gasteiger partial charge on any atom is -0.457 e. The van der Waals surface area contributed by atoms with Crippen LogP contribution < -0.4 is 19.7 Å². The van der Waals surface area contributed by atoms with Gasteiger partial charge in [-0.1, -0.05) is 42.3 Å². The van der Waals surface area contributed by atoms with Crippen LogP contribution in [0.3, 0.4) is 0 Å². The van der Waals surface area contributed by atoms with Gasteiger partial charge in [0.05, 0.1) is 9.82 Å². The SMILES string of the molecule is CCN1CCN(c2cc(S(=O)(=O)NC(=O)C(=N)c3cc(Cl)ccc3NCc3ccc(Oc4cc(C)c(Cl)c(C)c4)cc3)ccc2[N+](=O)[O-])CC1. The Labute approximate surface area is 300 Å². The van der Waals surface area contributed by atoms with E-state index in [4.69, 9.17) is 33.3 Å². The lowest BCUT2D eigenvalue weighted by Crippen LogP contribution is -2.46. The molecule has 0 aromatic heterocycles. The molecule has 0 saturated carbocycles. The van der Waals surface area contributed by atoms with Gasteiger partial charge in [-0.2, -0.15) is 0 Å². The summed E-state index contributed by atoms with van der Waals surface area (Å²) in [6.45, 7) is 9.26. The van der Waals surface area contributed by atoms with Crippen LogP contribution in [-0.2, 0) is 21.4 Å². The molecule has 1 aliphatic heterocycles. The van der Waals surface area contributed by atoms with Crippen molar-refractivity contribution in [1.82, 2.24) is 9.62 Å². The molecule has 0 radical (unpaired) electrons. The molecule has 0 bridgehead atoms. The highest BCUT2D eigenvalue weighted by atomic mass is 35.5. The summed E-state index contributed by atoms with van der Waals surface area (Å²) in [5, 5.41) is 24.5. The van der Waals surface area contributed by atoms with Crippen molar-refractivity contribution >= 4 is 61.9 Å². The van der Waals surface area contributed by atoms with E-state index in [1.165, 1.54) is 12.1 Å². The number of carbonyl (C=O) groups excluding carboxylic acids is 1. The third kappa shape index (κ3) is 8.53. The van der Waals surface area contributed by atoms with Crippen molar-refractivity contribution < 1.29 is 22.9 Å². The maximum Gasteiger partial charge on any atom is 0.292 e. The normalized spacial score (nSPS) is 13.5. The number of likely N-dealkylation sites (N-methyl/N-ethyl adjacent to an activating group) is 1. The average Bonchev–Trinajstić information content (AvgIpc) is 3.09. The fourth-order valence-electron chi connectivity index (χ4n) is 5.59. The summed E-state index contributed by atoms with van der Waals surface area (Å²) < 4.78 is 34.7. The third-order valence-electron chi connectivity index (χ3n) is 8.37. The van der Waals surface area contributed by atoms with Crippen molar-refractivity contribution in [2.24, 2.45) is 0 Å². The van der Waals surface area contributed by atoms with E-state index in [2.05, 4.69) is 10.2 Å². The van der Waals surface area contributed by atoms with Crippen LogP contribution >= 0.6 is 23.2 Å². The molecule has 262 valence electrons. The number of nitro groups is 1. The molecule has 5 rings (SSSR count). The molecule has 4 aromatic rings. The number of hydrogen-bond acceptors (Lipinski definition) is 10. The van der Waals surface area contributed by atoms with Crippen LogP contribution in [0.4, 0.5) is 17.1 Å². The zero-order chi connectivity index (χ0) is 36.2. The van der Waals surface area contributed by atoms with Crippen LogP contribution in [0.25, 0.3) is 0 Å². The van der Waals surface area contributed by atoms with Gasteiger partial charge in [-0.05, 0) is 91.7 Å². The Morgan fingerprint density at radius 2 is 1.60 bits per heavy atom. The molecule has 1 fully saturated rings. The third-order valence-corrected chi connectivity index (χ3v) is 10.5. The number of ether oxygens (including phenoxy) is 1. The van der Waals surface area contributed by atoms with Crippen molar-refractivity contribution in [3.05, 3.63) is 115 Å². The molecule has 1 saturated heterocycles. The minimum absolute atomic E-state index is 0.0804. The summed E-state index contributed by atoms with van der Waals surface area (Å²) in [6, 6.07) is 19.0. The Bertz CT molecular complexity index is 2030. The van der Waals surface area contributed by atoms with Gasteiger partial charge < -0.3 is 19.9 Å². The number of nitro benzene ring substituents is 1. The number of carbonyl (C=O) groups is 1. The highest BCUT2D eigenvalue weighted by Crippen LogP contribution is 2.32. The second-order valence-electron chi connectivity index (χ2n) is 11.8. The largest absolute Gasteiger partial charge is 0.457 e. The van der Waals surface area contributed by atoms with Gasteiger partial charge in [0.25, 0.3) is 21.6 Å². The number of rotatable bonds is 12. The van der Waals surface area contributed by atoms with E-state index >= 15 is 0 Å². The highest BCUT2D eigenvalue weighted by Gasteiger charge is 2.28. The van der Waals surface area contributed by atoms with Gasteiger partial charge in [0, 0.05) is 60.1 Å². The van der Waals surface area contributed by atoms with Gasteiger partial charge in [-0.25, -0.2) is 13.1 Å². The molecule has 0 unspecified atom stereocenters. The number of nitrogens with one attached hydrogen (secondary N) is 3. The number of anilines is 2. The van der Waals surface area contributed by atoms with Crippen molar-refractivity contribution in [1.29, 1.82) is 5.41 Å². The first-order valence-electron chi connectivity index (χ1n) is 15.7. The predicted molar refractivity (Wildman–Crippen MR) is 196 cm³/mol. The first-order valence-corrected chi connectivity index (χ1v) is 18.0. The van der Waals surface area contributed by atoms with E-state index in [-0.39, 0.29) is 26.9 Å². The number of piperazine rings is 1. The fraction of sp³-hybridized carbons (Fsp3) is 0.257. The van der Waals surface area contributed by atoms with Crippen LogP contribution in [-0.4, -0.2) is 62.6 Å². The monoisotopic (exact) mass is 738 g/mol. The molecule has 1 aliphatic rings. The Morgan fingerprint density at radius 1 is 0.940 bits per heavy atom. The summed E-state index contributed by atoms with van der Waals surface area (Å²) in [5.74, 6) is 0.0984. The number of aryl methyl sites for hydroxylation is 2. The smallest absolute Gasteiger partial charge is 0.292 e. The lowest BCUT2D eigenvalue weighted by molar-refractivity contribution is -0.384. The first kappa shape index (κ1) is 36.6. The second kappa shape index (κ2) is 15.5. The summed E-state index contributed by atoms with van der Waals surface area (Å²) >= 11 is 12.5. The summed E-state index contributed by atoms with van der Waals surface area (Å²) in [5.41, 5.74) is 2.41. The standard InChI is InChI=1S/C35H36Cl2N6O6S/c1-4-41-13-15-42(16-14-41)32-20-28(10-12-31(32)43(45)46)50(47,48)40-35(44)34(38)29-19-25(36)7-11-30(29)39-21-24-5-8-26(9-6-24)49-27-17-22(2)33(37)23(3)18-27/h5-12,17-20,38-39H,4,13-16,21H2,1-3H3,(H,40,44). The van der Waals surface area contributed by atoms with Crippen molar-refractivity contribution in [2.75, 3.05) is 42.9 Å². The van der Waals surface area contributed by atoms with E-state index in [1.54, 1.807) is 17.0 Å². The van der Waals surface area contributed by atoms with Crippen molar-refractivity contribution in [2.45, 2.75) is 32.2 Å². The molecular weight excluding hydrogens is 703 g/mol. The summed E-state index contributed by atoms with van der Waals surface area (Å²) in [7, 11) is -4.52. The topological polar surface area (TPSA) is 158 Å². The van der Waals surface area contributed by atoms with Gasteiger partial charge in [0.15, 0.2) is 0 Å². The fourth-order valence-corrected chi connectivity index (χ4v) is 6.85. The molecule has 4 aromatic carbocycles. The molecule has 50 heavy (non-hydrogen) atoms. The second-order valence-corrected chi connectivity index (χ2v) is 14.3. The molecular formula is C35H36Cl2N6O6S. The Hall–Kier alpha value is -4.69. The van der Waals surface area contributed by atoms with Crippen LogP contribution in [0.15, 0.2) is 77.7 Å². The quantitative estimate of drug-likeness (QED) is 0.0796. The van der Waals surface area contributed by atoms with Crippen molar-refractivity contribution in [3.8, 4) is 11.5 Å². The van der Waals surface area contributed by atoms with Gasteiger partial charge >= 0.3 is 0 Å². The van der Waals surface area contributed by atoms with Gasteiger partial charge in [-0.15, -0.1) is 0 Å². The Balaban J connectivity index is 1.28. The van der Waals surface area contributed by atoms with Crippen LogP contribution in [0.5, 0.6) is 11.5 Å². The van der Waals surface area contributed by atoms with E-state index in [1.807, 2.05) is 61.9 Å². The molecule has 0 atom stereocenters. The number of amides is 1. The Morgan fingerprint density at radius 3 is 2.22 bits per heavy atom. The first-order chi connectivity index (χ1) is 23.7. The number of nitrogens with zero attached hydrogens (tertiary/aromatic N) is 3. The zero-order valence-electron chi connectivity index (χ0n) is 27.6. The predicted octanol–water partition coefficient (Wildman–Crippen LogP) is 6.94. The van der Waals surface area contributed by atoms with Gasteiger partial charge in [0.1, 0.15) is 22.9 Å². The molecule has 3 N–H and O–H groups in total.